The molecule has 1 fully saturated rings. The van der Waals surface area contributed by atoms with Gasteiger partial charge in [0.1, 0.15) is 17.9 Å². The maximum Gasteiger partial charge on any atom is 0.270 e. The fourth-order valence-electron chi connectivity index (χ4n) is 4.43. The second-order valence-corrected chi connectivity index (χ2v) is 10.1. The Bertz CT molecular complexity index is 1650. The minimum atomic E-state index is -0.579. The molecule has 0 radical (unpaired) electrons. The van der Waals surface area contributed by atoms with E-state index in [1.807, 2.05) is 31.2 Å². The topological polar surface area (TPSA) is 77.1 Å². The van der Waals surface area contributed by atoms with Crippen LogP contribution in [0.3, 0.4) is 0 Å². The van der Waals surface area contributed by atoms with Crippen molar-refractivity contribution < 1.29 is 23.8 Å². The zero-order valence-corrected chi connectivity index (χ0v) is 24.2. The zero-order valence-electron chi connectivity index (χ0n) is 21.8. The average molecular weight is 618 g/mol. The minimum Gasteiger partial charge on any atom is -0.497 e. The molecular formula is C31H25BrN2O5S. The van der Waals surface area contributed by atoms with Gasteiger partial charge in [0.2, 0.25) is 0 Å². The van der Waals surface area contributed by atoms with E-state index < -0.39 is 11.8 Å². The van der Waals surface area contributed by atoms with Crippen LogP contribution in [0.1, 0.15) is 18.1 Å². The number of amides is 2. The van der Waals surface area contributed by atoms with Crippen LogP contribution in [0, 0.1) is 0 Å². The van der Waals surface area contributed by atoms with Crippen LogP contribution in [0.2, 0.25) is 0 Å². The van der Waals surface area contributed by atoms with Gasteiger partial charge in [-0.25, -0.2) is 0 Å². The number of hydrogen-bond acceptors (Lipinski definition) is 6. The van der Waals surface area contributed by atoms with Crippen molar-refractivity contribution in [2.24, 2.45) is 0 Å². The molecule has 0 atom stereocenters. The Balaban J connectivity index is 1.45. The molecule has 0 aromatic heterocycles. The third kappa shape index (κ3) is 5.57. The number of rotatable bonds is 8. The molecule has 5 rings (SSSR count). The van der Waals surface area contributed by atoms with Crippen LogP contribution < -0.4 is 24.4 Å². The lowest BCUT2D eigenvalue weighted by molar-refractivity contribution is -0.122. The Hall–Kier alpha value is -4.21. The van der Waals surface area contributed by atoms with Crippen LogP contribution in [0.4, 0.5) is 5.69 Å². The van der Waals surface area contributed by atoms with Crippen LogP contribution in [-0.2, 0) is 16.2 Å². The average Bonchev–Trinajstić information content (AvgIpc) is 2.95. The molecule has 0 spiro atoms. The first-order valence-electron chi connectivity index (χ1n) is 12.5. The van der Waals surface area contributed by atoms with Crippen molar-refractivity contribution in [1.29, 1.82) is 0 Å². The first-order chi connectivity index (χ1) is 19.4. The molecule has 7 nitrogen and oxygen atoms in total. The van der Waals surface area contributed by atoms with Gasteiger partial charge in [-0.2, -0.15) is 0 Å². The molecule has 0 bridgehead atoms. The van der Waals surface area contributed by atoms with Crippen LogP contribution in [-0.4, -0.2) is 30.6 Å². The van der Waals surface area contributed by atoms with Crippen molar-refractivity contribution in [3.8, 4) is 17.2 Å². The molecule has 0 saturated carbocycles. The van der Waals surface area contributed by atoms with Crippen molar-refractivity contribution >= 4 is 67.6 Å². The van der Waals surface area contributed by atoms with Crippen molar-refractivity contribution in [3.63, 3.8) is 0 Å². The van der Waals surface area contributed by atoms with Gasteiger partial charge in [0.25, 0.3) is 11.8 Å². The SMILES string of the molecule is CCOc1cc(/C=C2/C(=O)NC(=S)N(c3ccc(OC)cc3)C2=O)cc(Br)c1OCc1cccc2ccccc12. The zero-order chi connectivity index (χ0) is 28.2. The highest BCUT2D eigenvalue weighted by molar-refractivity contribution is 9.10. The van der Waals surface area contributed by atoms with E-state index in [2.05, 4.69) is 39.4 Å². The number of thiocarbonyl (C=S) groups is 1. The number of benzene rings is 4. The second-order valence-electron chi connectivity index (χ2n) is 8.85. The van der Waals surface area contributed by atoms with E-state index in [-0.39, 0.29) is 10.7 Å². The van der Waals surface area contributed by atoms with E-state index in [4.69, 9.17) is 26.4 Å². The smallest absolute Gasteiger partial charge is 0.270 e. The molecule has 0 aliphatic carbocycles. The number of nitrogens with one attached hydrogen (secondary N) is 1. The van der Waals surface area contributed by atoms with Crippen LogP contribution in [0.25, 0.3) is 16.8 Å². The summed E-state index contributed by atoms with van der Waals surface area (Å²) in [6.45, 7) is 2.60. The third-order valence-corrected chi connectivity index (χ3v) is 7.20. The summed E-state index contributed by atoms with van der Waals surface area (Å²) in [4.78, 5) is 27.5. The van der Waals surface area contributed by atoms with Gasteiger partial charge in [-0.05, 0) is 99.4 Å². The highest BCUT2D eigenvalue weighted by Gasteiger charge is 2.34. The Morgan fingerprint density at radius 3 is 2.48 bits per heavy atom. The number of hydrogen-bond donors (Lipinski definition) is 1. The van der Waals surface area contributed by atoms with Crippen LogP contribution in [0.15, 0.2) is 88.9 Å². The number of methoxy groups -OCH3 is 1. The molecule has 40 heavy (non-hydrogen) atoms. The van der Waals surface area contributed by atoms with Gasteiger partial charge in [-0.1, -0.05) is 42.5 Å². The standard InChI is InChI=1S/C31H25BrN2O5S/c1-3-38-27-17-19(16-26(32)28(27)39-18-21-9-6-8-20-7-4-5-10-24(20)21)15-25-29(35)33-31(40)34(30(25)36)22-11-13-23(37-2)14-12-22/h4-17H,3,18H2,1-2H3,(H,33,35,40)/b25-15-. The predicted octanol–water partition coefficient (Wildman–Crippen LogP) is 6.42. The lowest BCUT2D eigenvalue weighted by atomic mass is 10.1. The monoisotopic (exact) mass is 616 g/mol. The van der Waals surface area contributed by atoms with Crippen LogP contribution >= 0.6 is 28.1 Å². The summed E-state index contributed by atoms with van der Waals surface area (Å²) in [6, 6.07) is 24.6. The molecule has 202 valence electrons. The molecule has 1 N–H and O–H groups in total. The first kappa shape index (κ1) is 27.4. The molecule has 2 amide bonds. The second kappa shape index (κ2) is 11.9. The molecule has 4 aromatic carbocycles. The number of ether oxygens (including phenoxy) is 3. The van der Waals surface area contributed by atoms with E-state index in [9.17, 15) is 9.59 Å². The fourth-order valence-corrected chi connectivity index (χ4v) is 5.29. The predicted molar refractivity (Wildman–Crippen MR) is 163 cm³/mol. The summed E-state index contributed by atoms with van der Waals surface area (Å²) >= 11 is 8.90. The van der Waals surface area contributed by atoms with Gasteiger partial charge in [0, 0.05) is 0 Å². The van der Waals surface area contributed by atoms with E-state index in [0.29, 0.717) is 46.2 Å². The Morgan fingerprint density at radius 1 is 0.975 bits per heavy atom. The van der Waals surface area contributed by atoms with E-state index in [0.717, 1.165) is 16.3 Å². The van der Waals surface area contributed by atoms with Gasteiger partial charge >= 0.3 is 0 Å². The summed E-state index contributed by atoms with van der Waals surface area (Å²) in [7, 11) is 1.56. The number of carbonyl (C=O) groups excluding carboxylic acids is 2. The largest absolute Gasteiger partial charge is 0.497 e. The van der Waals surface area contributed by atoms with E-state index in [1.165, 1.54) is 11.0 Å². The number of halogens is 1. The fraction of sp³-hybridized carbons (Fsp3) is 0.129. The lowest BCUT2D eigenvalue weighted by Gasteiger charge is -2.29. The first-order valence-corrected chi connectivity index (χ1v) is 13.7. The highest BCUT2D eigenvalue weighted by atomic mass is 79.9. The van der Waals surface area contributed by atoms with Gasteiger partial charge < -0.3 is 14.2 Å². The van der Waals surface area contributed by atoms with Crippen molar-refractivity contribution in [2.45, 2.75) is 13.5 Å². The number of carbonyl (C=O) groups is 2. The molecule has 1 saturated heterocycles. The minimum absolute atomic E-state index is 0.00527. The Labute approximate surface area is 245 Å². The lowest BCUT2D eigenvalue weighted by Crippen LogP contribution is -2.54. The normalized spacial score (nSPS) is 14.4. The summed E-state index contributed by atoms with van der Waals surface area (Å²) in [5.74, 6) is 0.525. The maximum atomic E-state index is 13.4. The molecule has 1 heterocycles. The van der Waals surface area contributed by atoms with E-state index >= 15 is 0 Å². The summed E-state index contributed by atoms with van der Waals surface area (Å²) < 4.78 is 17.9. The van der Waals surface area contributed by atoms with E-state index in [1.54, 1.807) is 43.5 Å². The molecule has 0 unspecified atom stereocenters. The summed E-state index contributed by atoms with van der Waals surface area (Å²) in [5.41, 5.74) is 2.06. The summed E-state index contributed by atoms with van der Waals surface area (Å²) in [5, 5.41) is 4.86. The number of nitrogens with zero attached hydrogens (tertiary/aromatic N) is 1. The quantitative estimate of drug-likeness (QED) is 0.140. The molecule has 1 aliphatic rings. The molecule has 4 aromatic rings. The van der Waals surface area contributed by atoms with Crippen LogP contribution in [0.5, 0.6) is 17.2 Å². The number of fused-ring (bicyclic) bond motifs is 1. The van der Waals surface area contributed by atoms with Crippen molar-refractivity contribution in [2.75, 3.05) is 18.6 Å². The highest BCUT2D eigenvalue weighted by Crippen LogP contribution is 2.39. The molecule has 9 heteroatoms. The Kier molecular flexibility index (Phi) is 8.14. The van der Waals surface area contributed by atoms with Gasteiger partial charge in [0.05, 0.1) is 23.9 Å². The Morgan fingerprint density at radius 2 is 1.73 bits per heavy atom. The van der Waals surface area contributed by atoms with Gasteiger partial charge in [-0.15, -0.1) is 0 Å². The van der Waals surface area contributed by atoms with Gasteiger partial charge in [0.15, 0.2) is 16.6 Å². The molecule has 1 aliphatic heterocycles. The third-order valence-electron chi connectivity index (χ3n) is 6.33. The molecular weight excluding hydrogens is 592 g/mol. The van der Waals surface area contributed by atoms with Crippen molar-refractivity contribution in [3.05, 3.63) is 100 Å². The maximum absolute atomic E-state index is 13.4. The van der Waals surface area contributed by atoms with Gasteiger partial charge in [-0.3, -0.25) is 19.8 Å². The summed E-state index contributed by atoms with van der Waals surface area (Å²) in [6.07, 6.45) is 1.51. The van der Waals surface area contributed by atoms with Crippen molar-refractivity contribution in [1.82, 2.24) is 5.32 Å². The number of anilines is 1.